The molecule has 0 aliphatic heterocycles. The Hall–Kier alpha value is -1.14. The van der Waals surface area contributed by atoms with Crippen molar-refractivity contribution in [2.24, 2.45) is 0 Å². The van der Waals surface area contributed by atoms with Crippen LogP contribution in [0.1, 0.15) is 22.3 Å². The van der Waals surface area contributed by atoms with Crippen molar-refractivity contribution in [3.8, 4) is 0 Å². The molecule has 1 rings (SSSR count). The van der Waals surface area contributed by atoms with E-state index in [4.69, 9.17) is 4.74 Å². The number of esters is 1. The fraction of sp³-hybridized carbons (Fsp3) is 0.600. The fourth-order valence-electron chi connectivity index (χ4n) is 1.07. The summed E-state index contributed by atoms with van der Waals surface area (Å²) in [5.41, 5.74) is 0.685. The first kappa shape index (κ1) is 12.9. The minimum absolute atomic E-state index is 0.103. The number of aromatic nitrogens is 1. The normalized spacial score (nSPS) is 12.2. The van der Waals surface area contributed by atoms with E-state index in [0.29, 0.717) is 22.2 Å². The maximum atomic E-state index is 11.3. The van der Waals surface area contributed by atoms with Crippen molar-refractivity contribution < 1.29 is 14.3 Å². The minimum atomic E-state index is -0.345. The second-order valence-corrected chi connectivity index (χ2v) is 4.35. The molecule has 1 atom stereocenters. The topological polar surface area (TPSA) is 60.5 Å². The van der Waals surface area contributed by atoms with Gasteiger partial charge >= 0.3 is 5.97 Å². The third kappa shape index (κ3) is 3.18. The van der Waals surface area contributed by atoms with E-state index in [9.17, 15) is 4.79 Å². The predicted molar refractivity (Wildman–Crippen MR) is 63.2 cm³/mol. The van der Waals surface area contributed by atoms with E-state index in [-0.39, 0.29) is 12.1 Å². The fourth-order valence-corrected chi connectivity index (χ4v) is 1.96. The summed E-state index contributed by atoms with van der Waals surface area (Å²) in [6.07, 6.45) is 0.103. The summed E-state index contributed by atoms with van der Waals surface area (Å²) in [6.45, 7) is 4.40. The van der Waals surface area contributed by atoms with Crippen LogP contribution < -0.4 is 5.32 Å². The lowest BCUT2D eigenvalue weighted by molar-refractivity contribution is 0.0605. The van der Waals surface area contributed by atoms with Crippen molar-refractivity contribution in [2.45, 2.75) is 20.0 Å². The molecule has 16 heavy (non-hydrogen) atoms. The number of nitrogens with one attached hydrogen (secondary N) is 1. The maximum absolute atomic E-state index is 11.3. The highest BCUT2D eigenvalue weighted by atomic mass is 32.1. The molecular formula is C10H16N2O3S. The molecule has 1 unspecified atom stereocenters. The minimum Gasteiger partial charge on any atom is -0.465 e. The molecule has 1 aromatic heterocycles. The van der Waals surface area contributed by atoms with Gasteiger partial charge in [0.15, 0.2) is 5.13 Å². The van der Waals surface area contributed by atoms with Gasteiger partial charge in [-0.25, -0.2) is 9.78 Å². The molecule has 0 saturated heterocycles. The molecule has 0 aliphatic carbocycles. The average Bonchev–Trinajstić information content (AvgIpc) is 2.66. The summed E-state index contributed by atoms with van der Waals surface area (Å²) in [6, 6.07) is 0. The van der Waals surface area contributed by atoms with Gasteiger partial charge in [0.25, 0.3) is 0 Å². The number of thiazole rings is 1. The molecule has 5 nitrogen and oxygen atoms in total. The second kappa shape index (κ2) is 5.81. The van der Waals surface area contributed by atoms with Gasteiger partial charge in [-0.3, -0.25) is 0 Å². The maximum Gasteiger partial charge on any atom is 0.350 e. The predicted octanol–water partition coefficient (Wildman–Crippen LogP) is 1.68. The lowest BCUT2D eigenvalue weighted by Crippen LogP contribution is -2.17. The van der Waals surface area contributed by atoms with E-state index in [1.54, 1.807) is 14.0 Å². The first-order valence-corrected chi connectivity index (χ1v) is 5.72. The number of rotatable bonds is 5. The number of methoxy groups -OCH3 is 2. The second-order valence-electron chi connectivity index (χ2n) is 3.35. The molecule has 0 bridgehead atoms. The van der Waals surface area contributed by atoms with E-state index in [0.717, 1.165) is 0 Å². The Morgan fingerprint density at radius 3 is 2.81 bits per heavy atom. The van der Waals surface area contributed by atoms with Crippen LogP contribution in [-0.4, -0.2) is 37.8 Å². The van der Waals surface area contributed by atoms with Crippen LogP contribution in [-0.2, 0) is 9.47 Å². The SMILES string of the molecule is COC(=O)c1sc(NCC(C)OC)nc1C. The standard InChI is InChI=1S/C10H16N2O3S/c1-6(14-3)5-11-10-12-7(2)8(16-10)9(13)15-4/h6H,5H2,1-4H3,(H,11,12). The Morgan fingerprint density at radius 2 is 2.25 bits per heavy atom. The van der Waals surface area contributed by atoms with Crippen LogP contribution in [0.4, 0.5) is 5.13 Å². The van der Waals surface area contributed by atoms with E-state index in [2.05, 4.69) is 15.0 Å². The van der Waals surface area contributed by atoms with Crippen LogP contribution in [0.15, 0.2) is 0 Å². The molecule has 0 amide bonds. The van der Waals surface area contributed by atoms with Gasteiger partial charge < -0.3 is 14.8 Å². The molecule has 0 saturated carbocycles. The van der Waals surface area contributed by atoms with Crippen molar-refractivity contribution in [1.82, 2.24) is 4.98 Å². The molecule has 6 heteroatoms. The molecule has 90 valence electrons. The zero-order chi connectivity index (χ0) is 12.1. The molecule has 0 spiro atoms. The van der Waals surface area contributed by atoms with Gasteiger partial charge in [-0.2, -0.15) is 0 Å². The quantitative estimate of drug-likeness (QED) is 0.799. The van der Waals surface area contributed by atoms with Crippen molar-refractivity contribution in [3.05, 3.63) is 10.6 Å². The highest BCUT2D eigenvalue weighted by Crippen LogP contribution is 2.23. The number of anilines is 1. The van der Waals surface area contributed by atoms with Gasteiger partial charge in [-0.05, 0) is 13.8 Å². The molecule has 1 N–H and O–H groups in total. The summed E-state index contributed by atoms with van der Waals surface area (Å²) in [5.74, 6) is -0.345. The van der Waals surface area contributed by atoms with Crippen molar-refractivity contribution in [2.75, 3.05) is 26.1 Å². The monoisotopic (exact) mass is 244 g/mol. The first-order valence-electron chi connectivity index (χ1n) is 4.91. The Morgan fingerprint density at radius 1 is 1.56 bits per heavy atom. The summed E-state index contributed by atoms with van der Waals surface area (Å²) >= 11 is 1.29. The number of carbonyl (C=O) groups is 1. The van der Waals surface area contributed by atoms with E-state index >= 15 is 0 Å². The summed E-state index contributed by atoms with van der Waals surface area (Å²) in [5, 5.41) is 3.82. The van der Waals surface area contributed by atoms with Gasteiger partial charge in [0.1, 0.15) is 4.88 Å². The summed E-state index contributed by atoms with van der Waals surface area (Å²) in [7, 11) is 3.01. The summed E-state index contributed by atoms with van der Waals surface area (Å²) < 4.78 is 9.76. The van der Waals surface area contributed by atoms with E-state index in [1.165, 1.54) is 18.4 Å². The highest BCUT2D eigenvalue weighted by Gasteiger charge is 2.15. The van der Waals surface area contributed by atoms with Crippen LogP contribution in [0.25, 0.3) is 0 Å². The van der Waals surface area contributed by atoms with Gasteiger partial charge in [0.05, 0.1) is 18.9 Å². The van der Waals surface area contributed by atoms with E-state index in [1.807, 2.05) is 6.92 Å². The first-order chi connectivity index (χ1) is 7.58. The molecule has 0 fully saturated rings. The van der Waals surface area contributed by atoms with Crippen LogP contribution in [0.2, 0.25) is 0 Å². The van der Waals surface area contributed by atoms with Gasteiger partial charge in [-0.15, -0.1) is 0 Å². The largest absolute Gasteiger partial charge is 0.465 e. The van der Waals surface area contributed by atoms with Crippen molar-refractivity contribution >= 4 is 22.4 Å². The van der Waals surface area contributed by atoms with Gasteiger partial charge in [0.2, 0.25) is 0 Å². The number of carbonyl (C=O) groups excluding carboxylic acids is 1. The third-order valence-electron chi connectivity index (χ3n) is 2.11. The Balaban J connectivity index is 2.66. The molecule has 1 heterocycles. The number of hydrogen-bond acceptors (Lipinski definition) is 6. The third-order valence-corrected chi connectivity index (χ3v) is 3.21. The van der Waals surface area contributed by atoms with E-state index < -0.39 is 0 Å². The molecule has 0 aromatic carbocycles. The number of aryl methyl sites for hydroxylation is 1. The Labute approximate surface area is 98.8 Å². The number of ether oxygens (including phenoxy) is 2. The highest BCUT2D eigenvalue weighted by molar-refractivity contribution is 7.17. The molecule has 0 radical (unpaired) electrons. The lowest BCUT2D eigenvalue weighted by Gasteiger charge is -2.08. The van der Waals surface area contributed by atoms with Crippen LogP contribution in [0, 0.1) is 6.92 Å². The van der Waals surface area contributed by atoms with Gasteiger partial charge in [-0.1, -0.05) is 11.3 Å². The smallest absolute Gasteiger partial charge is 0.350 e. The van der Waals surface area contributed by atoms with Crippen LogP contribution in [0.5, 0.6) is 0 Å². The molecular weight excluding hydrogens is 228 g/mol. The zero-order valence-corrected chi connectivity index (χ0v) is 10.7. The molecule has 0 aliphatic rings. The van der Waals surface area contributed by atoms with Crippen molar-refractivity contribution in [3.63, 3.8) is 0 Å². The summed E-state index contributed by atoms with van der Waals surface area (Å²) in [4.78, 5) is 16.1. The Kier molecular flexibility index (Phi) is 4.70. The number of hydrogen-bond donors (Lipinski definition) is 1. The van der Waals surface area contributed by atoms with Gasteiger partial charge in [0, 0.05) is 13.7 Å². The molecule has 1 aromatic rings. The lowest BCUT2D eigenvalue weighted by atomic mass is 10.4. The average molecular weight is 244 g/mol. The zero-order valence-electron chi connectivity index (χ0n) is 9.86. The Bertz CT molecular complexity index is 365. The van der Waals surface area contributed by atoms with Crippen LogP contribution in [0.3, 0.4) is 0 Å². The van der Waals surface area contributed by atoms with Crippen LogP contribution >= 0.6 is 11.3 Å². The van der Waals surface area contributed by atoms with Crippen molar-refractivity contribution in [1.29, 1.82) is 0 Å². The number of nitrogens with zero attached hydrogens (tertiary/aromatic N) is 1.